The van der Waals surface area contributed by atoms with E-state index in [9.17, 15) is 0 Å². The Labute approximate surface area is 127 Å². The van der Waals surface area contributed by atoms with Crippen molar-refractivity contribution in [3.05, 3.63) is 23.8 Å². The van der Waals surface area contributed by atoms with Crippen LogP contribution in [-0.2, 0) is 4.74 Å². The van der Waals surface area contributed by atoms with Gasteiger partial charge in [-0.2, -0.15) is 0 Å². The van der Waals surface area contributed by atoms with E-state index in [4.69, 9.17) is 14.2 Å². The van der Waals surface area contributed by atoms with Crippen molar-refractivity contribution in [3.63, 3.8) is 0 Å². The standard InChI is InChI=1S/C16H26N2O3/c1-12(18-7-8-21-14(11-18)10-17-2)15-6-5-13(19-3)9-16(15)20-4/h5-6,9,12,14,17H,7-8,10-11H2,1-4H3. The average molecular weight is 294 g/mol. The Morgan fingerprint density at radius 2 is 2.19 bits per heavy atom. The highest BCUT2D eigenvalue weighted by Crippen LogP contribution is 2.33. The van der Waals surface area contributed by atoms with Crippen molar-refractivity contribution >= 4 is 0 Å². The van der Waals surface area contributed by atoms with Gasteiger partial charge >= 0.3 is 0 Å². The first-order valence-electron chi connectivity index (χ1n) is 7.41. The molecule has 21 heavy (non-hydrogen) atoms. The maximum atomic E-state index is 5.77. The summed E-state index contributed by atoms with van der Waals surface area (Å²) in [6, 6.07) is 6.30. The summed E-state index contributed by atoms with van der Waals surface area (Å²) < 4.78 is 16.6. The third-order valence-electron chi connectivity index (χ3n) is 4.04. The number of hydrogen-bond acceptors (Lipinski definition) is 5. The van der Waals surface area contributed by atoms with Crippen LogP contribution in [0.5, 0.6) is 11.5 Å². The van der Waals surface area contributed by atoms with Crippen LogP contribution in [0.3, 0.4) is 0 Å². The molecule has 1 aliphatic heterocycles. The number of nitrogens with zero attached hydrogens (tertiary/aromatic N) is 1. The van der Waals surface area contributed by atoms with Crippen LogP contribution in [0.25, 0.3) is 0 Å². The minimum atomic E-state index is 0.246. The molecule has 0 spiro atoms. The van der Waals surface area contributed by atoms with Gasteiger partial charge < -0.3 is 19.5 Å². The molecule has 0 saturated carbocycles. The Hall–Kier alpha value is -1.30. The molecule has 1 aliphatic rings. The number of ether oxygens (including phenoxy) is 3. The largest absolute Gasteiger partial charge is 0.497 e. The van der Waals surface area contributed by atoms with E-state index in [1.807, 2.05) is 19.2 Å². The van der Waals surface area contributed by atoms with Crippen molar-refractivity contribution < 1.29 is 14.2 Å². The van der Waals surface area contributed by atoms with Gasteiger partial charge in [0.25, 0.3) is 0 Å². The molecule has 2 atom stereocenters. The molecular formula is C16H26N2O3. The zero-order valence-corrected chi connectivity index (χ0v) is 13.4. The smallest absolute Gasteiger partial charge is 0.127 e. The van der Waals surface area contributed by atoms with Gasteiger partial charge in [0.05, 0.1) is 26.9 Å². The van der Waals surface area contributed by atoms with E-state index < -0.39 is 0 Å². The maximum absolute atomic E-state index is 5.77. The van der Waals surface area contributed by atoms with Crippen LogP contribution >= 0.6 is 0 Å². The Morgan fingerprint density at radius 1 is 1.38 bits per heavy atom. The Kier molecular flexibility index (Phi) is 5.85. The van der Waals surface area contributed by atoms with Gasteiger partial charge in [0.15, 0.2) is 0 Å². The van der Waals surface area contributed by atoms with Gasteiger partial charge in [-0.1, -0.05) is 6.07 Å². The summed E-state index contributed by atoms with van der Waals surface area (Å²) >= 11 is 0. The van der Waals surface area contributed by atoms with E-state index in [0.29, 0.717) is 0 Å². The number of methoxy groups -OCH3 is 2. The fraction of sp³-hybridized carbons (Fsp3) is 0.625. The molecule has 5 nitrogen and oxygen atoms in total. The van der Waals surface area contributed by atoms with E-state index in [1.54, 1.807) is 14.2 Å². The summed E-state index contributed by atoms with van der Waals surface area (Å²) in [5, 5.41) is 3.18. The number of hydrogen-bond donors (Lipinski definition) is 1. The van der Waals surface area contributed by atoms with Crippen molar-refractivity contribution in [1.29, 1.82) is 0 Å². The molecule has 1 fully saturated rings. The highest BCUT2D eigenvalue weighted by atomic mass is 16.5. The molecule has 2 unspecified atom stereocenters. The van der Waals surface area contributed by atoms with E-state index in [0.717, 1.165) is 37.7 Å². The Morgan fingerprint density at radius 3 is 2.86 bits per heavy atom. The second-order valence-corrected chi connectivity index (χ2v) is 5.33. The van der Waals surface area contributed by atoms with Crippen LogP contribution in [0.15, 0.2) is 18.2 Å². The molecule has 2 rings (SSSR count). The van der Waals surface area contributed by atoms with Crippen molar-refractivity contribution in [2.45, 2.75) is 19.1 Å². The second kappa shape index (κ2) is 7.64. The summed E-state index contributed by atoms with van der Waals surface area (Å²) in [7, 11) is 5.33. The molecule has 0 radical (unpaired) electrons. The topological polar surface area (TPSA) is 43.0 Å². The molecular weight excluding hydrogens is 268 g/mol. The lowest BCUT2D eigenvalue weighted by atomic mass is 10.0. The van der Waals surface area contributed by atoms with Crippen molar-refractivity contribution in [2.75, 3.05) is 47.5 Å². The first kappa shape index (κ1) is 16.1. The van der Waals surface area contributed by atoms with Gasteiger partial charge in [0.1, 0.15) is 11.5 Å². The summed E-state index contributed by atoms with van der Waals surface area (Å²) in [6.07, 6.45) is 0.246. The summed E-state index contributed by atoms with van der Waals surface area (Å²) in [4.78, 5) is 2.44. The third-order valence-corrected chi connectivity index (χ3v) is 4.04. The van der Waals surface area contributed by atoms with E-state index in [2.05, 4.69) is 23.2 Å². The molecule has 1 aromatic rings. The predicted octanol–water partition coefficient (Wildman–Crippen LogP) is 1.68. The number of nitrogens with one attached hydrogen (secondary N) is 1. The van der Waals surface area contributed by atoms with Crippen LogP contribution < -0.4 is 14.8 Å². The first-order chi connectivity index (χ1) is 10.2. The summed E-state index contributed by atoms with van der Waals surface area (Å²) in [5.41, 5.74) is 1.18. The van der Waals surface area contributed by atoms with Crippen LogP contribution in [0.4, 0.5) is 0 Å². The zero-order valence-electron chi connectivity index (χ0n) is 13.4. The molecule has 118 valence electrons. The molecule has 0 aliphatic carbocycles. The lowest BCUT2D eigenvalue weighted by molar-refractivity contribution is -0.0395. The first-order valence-corrected chi connectivity index (χ1v) is 7.41. The molecule has 1 saturated heterocycles. The minimum absolute atomic E-state index is 0.246. The SMILES string of the molecule is CNCC1CN(C(C)c2ccc(OC)cc2OC)CCO1. The lowest BCUT2D eigenvalue weighted by Crippen LogP contribution is -2.47. The van der Waals surface area contributed by atoms with E-state index in [-0.39, 0.29) is 12.1 Å². The number of morpholine rings is 1. The Balaban J connectivity index is 2.13. The lowest BCUT2D eigenvalue weighted by Gasteiger charge is -2.37. The van der Waals surface area contributed by atoms with Gasteiger partial charge in [0.2, 0.25) is 0 Å². The Bertz CT molecular complexity index is 451. The van der Waals surface area contributed by atoms with E-state index in [1.165, 1.54) is 5.56 Å². The molecule has 0 amide bonds. The maximum Gasteiger partial charge on any atom is 0.127 e. The second-order valence-electron chi connectivity index (χ2n) is 5.33. The molecule has 5 heteroatoms. The van der Waals surface area contributed by atoms with Gasteiger partial charge in [-0.15, -0.1) is 0 Å². The average Bonchev–Trinajstić information content (AvgIpc) is 2.54. The highest BCUT2D eigenvalue weighted by Gasteiger charge is 2.26. The molecule has 1 N–H and O–H groups in total. The minimum Gasteiger partial charge on any atom is -0.497 e. The fourth-order valence-corrected chi connectivity index (χ4v) is 2.81. The van der Waals surface area contributed by atoms with E-state index >= 15 is 0 Å². The number of rotatable bonds is 6. The van der Waals surface area contributed by atoms with Crippen LogP contribution in [0, 0.1) is 0 Å². The monoisotopic (exact) mass is 294 g/mol. The molecule has 0 bridgehead atoms. The van der Waals surface area contributed by atoms with Gasteiger partial charge in [-0.3, -0.25) is 4.90 Å². The zero-order chi connectivity index (χ0) is 15.2. The van der Waals surface area contributed by atoms with Crippen LogP contribution in [-0.4, -0.2) is 58.5 Å². The van der Waals surface area contributed by atoms with Crippen LogP contribution in [0.2, 0.25) is 0 Å². The number of benzene rings is 1. The summed E-state index contributed by atoms with van der Waals surface area (Å²) in [5.74, 6) is 1.69. The van der Waals surface area contributed by atoms with Crippen molar-refractivity contribution in [1.82, 2.24) is 10.2 Å². The number of likely N-dealkylation sites (N-methyl/N-ethyl adjacent to an activating group) is 1. The fourth-order valence-electron chi connectivity index (χ4n) is 2.81. The molecule has 1 heterocycles. The normalized spacial score (nSPS) is 21.0. The summed E-state index contributed by atoms with van der Waals surface area (Å²) in [6.45, 7) is 5.73. The highest BCUT2D eigenvalue weighted by molar-refractivity contribution is 5.42. The van der Waals surface area contributed by atoms with Crippen molar-refractivity contribution in [2.24, 2.45) is 0 Å². The third kappa shape index (κ3) is 3.87. The van der Waals surface area contributed by atoms with Gasteiger partial charge in [0, 0.05) is 37.3 Å². The van der Waals surface area contributed by atoms with Crippen molar-refractivity contribution in [3.8, 4) is 11.5 Å². The quantitative estimate of drug-likeness (QED) is 0.865. The molecule has 1 aromatic carbocycles. The van der Waals surface area contributed by atoms with Crippen LogP contribution in [0.1, 0.15) is 18.5 Å². The molecule has 0 aromatic heterocycles. The van der Waals surface area contributed by atoms with Gasteiger partial charge in [-0.05, 0) is 20.0 Å². The van der Waals surface area contributed by atoms with Gasteiger partial charge in [-0.25, -0.2) is 0 Å². The predicted molar refractivity (Wildman–Crippen MR) is 83.2 cm³/mol.